The second kappa shape index (κ2) is 6.14. The van der Waals surface area contributed by atoms with Crippen molar-refractivity contribution < 1.29 is 9.59 Å². The Morgan fingerprint density at radius 1 is 1.17 bits per heavy atom. The van der Waals surface area contributed by atoms with E-state index in [2.05, 4.69) is 15.6 Å². The maximum atomic E-state index is 12.4. The van der Waals surface area contributed by atoms with Crippen molar-refractivity contribution in [2.45, 2.75) is 51.9 Å². The lowest BCUT2D eigenvalue weighted by Crippen LogP contribution is -2.48. The lowest BCUT2D eigenvalue weighted by atomic mass is 9.49. The minimum absolute atomic E-state index is 0.0300. The van der Waals surface area contributed by atoms with E-state index in [9.17, 15) is 9.59 Å². The highest BCUT2D eigenvalue weighted by atomic mass is 32.1. The molecule has 4 fully saturated rings. The number of amides is 2. The summed E-state index contributed by atoms with van der Waals surface area (Å²) in [5.74, 6) is 2.37. The van der Waals surface area contributed by atoms with E-state index in [0.717, 1.165) is 23.4 Å². The van der Waals surface area contributed by atoms with Crippen LogP contribution in [0.5, 0.6) is 0 Å². The second-order valence-electron chi connectivity index (χ2n) is 8.21. The first-order valence-electron chi connectivity index (χ1n) is 8.98. The molecule has 1 aromatic rings. The van der Waals surface area contributed by atoms with Gasteiger partial charge in [0.25, 0.3) is 0 Å². The molecule has 6 heteroatoms. The zero-order valence-corrected chi connectivity index (χ0v) is 15.0. The van der Waals surface area contributed by atoms with E-state index in [1.54, 1.807) is 0 Å². The first kappa shape index (κ1) is 16.1. The number of hydrogen-bond acceptors (Lipinski definition) is 4. The van der Waals surface area contributed by atoms with E-state index in [1.807, 2.05) is 12.3 Å². The molecule has 0 spiro atoms. The predicted octanol–water partition coefficient (Wildman–Crippen LogP) is 3.11. The van der Waals surface area contributed by atoms with Gasteiger partial charge in [-0.25, -0.2) is 4.98 Å². The largest absolute Gasteiger partial charge is 0.347 e. The van der Waals surface area contributed by atoms with Crippen LogP contribution in [0.15, 0.2) is 5.38 Å². The lowest BCUT2D eigenvalue weighted by Gasteiger charge is -2.56. The molecule has 0 aliphatic heterocycles. The van der Waals surface area contributed by atoms with Crippen molar-refractivity contribution in [2.24, 2.45) is 23.2 Å². The molecule has 0 radical (unpaired) electrons. The normalized spacial score (nSPS) is 33.5. The fourth-order valence-corrected chi connectivity index (χ4v) is 6.37. The molecule has 4 bridgehead atoms. The molecule has 130 valence electrons. The molecule has 1 aromatic heterocycles. The van der Waals surface area contributed by atoms with E-state index in [1.165, 1.54) is 49.9 Å². The first-order chi connectivity index (χ1) is 11.5. The number of aromatic nitrogens is 1. The van der Waals surface area contributed by atoms with Gasteiger partial charge in [-0.1, -0.05) is 0 Å². The second-order valence-corrected chi connectivity index (χ2v) is 9.07. The highest BCUT2D eigenvalue weighted by Crippen LogP contribution is 2.61. The summed E-state index contributed by atoms with van der Waals surface area (Å²) in [4.78, 5) is 28.5. The zero-order chi connectivity index (χ0) is 16.7. The van der Waals surface area contributed by atoms with E-state index in [4.69, 9.17) is 0 Å². The Kier molecular flexibility index (Phi) is 4.11. The Morgan fingerprint density at radius 3 is 2.33 bits per heavy atom. The number of nitrogens with zero attached hydrogens (tertiary/aromatic N) is 1. The monoisotopic (exact) mass is 347 g/mol. The summed E-state index contributed by atoms with van der Waals surface area (Å²) in [6, 6.07) is 0. The van der Waals surface area contributed by atoms with Gasteiger partial charge >= 0.3 is 0 Å². The van der Waals surface area contributed by atoms with Gasteiger partial charge in [0.1, 0.15) is 0 Å². The van der Waals surface area contributed by atoms with Gasteiger partial charge in [0.2, 0.25) is 11.8 Å². The fourth-order valence-electron chi connectivity index (χ4n) is 5.66. The topological polar surface area (TPSA) is 71.1 Å². The zero-order valence-electron chi connectivity index (χ0n) is 14.1. The van der Waals surface area contributed by atoms with Crippen LogP contribution in [-0.4, -0.2) is 23.3 Å². The third kappa shape index (κ3) is 3.34. The van der Waals surface area contributed by atoms with E-state index < -0.39 is 0 Å². The quantitative estimate of drug-likeness (QED) is 0.860. The number of carbonyl (C=O) groups excluding carboxylic acids is 2. The molecular formula is C18H25N3O2S. The van der Waals surface area contributed by atoms with Crippen molar-refractivity contribution in [1.82, 2.24) is 10.3 Å². The SMILES string of the molecule is Cc1csc(NC(=O)CNC(=O)CC23CC4CC(CC(C4)C2)C3)n1. The molecule has 4 aliphatic rings. The summed E-state index contributed by atoms with van der Waals surface area (Å²) in [5, 5.41) is 8.02. The molecule has 0 aromatic carbocycles. The molecule has 24 heavy (non-hydrogen) atoms. The smallest absolute Gasteiger partial charge is 0.245 e. The first-order valence-corrected chi connectivity index (χ1v) is 9.86. The van der Waals surface area contributed by atoms with E-state index in [0.29, 0.717) is 11.6 Å². The molecule has 0 saturated heterocycles. The van der Waals surface area contributed by atoms with Crippen LogP contribution in [0.2, 0.25) is 0 Å². The highest BCUT2D eigenvalue weighted by molar-refractivity contribution is 7.13. The van der Waals surface area contributed by atoms with Crippen LogP contribution in [0.4, 0.5) is 5.13 Å². The number of aryl methyl sites for hydroxylation is 1. The van der Waals surface area contributed by atoms with Crippen molar-refractivity contribution in [3.8, 4) is 0 Å². The van der Waals surface area contributed by atoms with Crippen LogP contribution in [0, 0.1) is 30.1 Å². The standard InChI is InChI=1S/C18H25N3O2S/c1-11-10-24-17(20-11)21-16(23)9-19-15(22)8-18-5-12-2-13(6-18)4-14(3-12)7-18/h10,12-14H,2-9H2,1H3,(H,19,22)(H,20,21,23). The van der Waals surface area contributed by atoms with Crippen molar-refractivity contribution in [3.05, 3.63) is 11.1 Å². The number of rotatable bonds is 5. The Hall–Kier alpha value is -1.43. The van der Waals surface area contributed by atoms with Crippen molar-refractivity contribution >= 4 is 28.3 Å². The average Bonchev–Trinajstić information content (AvgIpc) is 2.88. The number of hydrogen-bond donors (Lipinski definition) is 2. The highest BCUT2D eigenvalue weighted by Gasteiger charge is 2.51. The predicted molar refractivity (Wildman–Crippen MR) is 93.7 cm³/mol. The van der Waals surface area contributed by atoms with Crippen LogP contribution in [-0.2, 0) is 9.59 Å². The number of anilines is 1. The summed E-state index contributed by atoms with van der Waals surface area (Å²) in [6.45, 7) is 1.92. The maximum Gasteiger partial charge on any atom is 0.245 e. The number of thiazole rings is 1. The van der Waals surface area contributed by atoms with Gasteiger partial charge in [-0.05, 0) is 68.6 Å². The van der Waals surface area contributed by atoms with Gasteiger partial charge in [-0.3, -0.25) is 9.59 Å². The molecule has 0 atom stereocenters. The molecule has 2 N–H and O–H groups in total. The van der Waals surface area contributed by atoms with Gasteiger partial charge in [0.05, 0.1) is 12.2 Å². The molecule has 0 unspecified atom stereocenters. The van der Waals surface area contributed by atoms with Gasteiger partial charge in [-0.2, -0.15) is 0 Å². The van der Waals surface area contributed by atoms with Crippen molar-refractivity contribution in [3.63, 3.8) is 0 Å². The summed E-state index contributed by atoms with van der Waals surface area (Å²) < 4.78 is 0. The average molecular weight is 347 g/mol. The molecule has 1 heterocycles. The number of nitrogens with one attached hydrogen (secondary N) is 2. The Bertz CT molecular complexity index is 619. The summed E-state index contributed by atoms with van der Waals surface area (Å²) in [5.41, 5.74) is 1.11. The van der Waals surface area contributed by atoms with Crippen LogP contribution in [0.3, 0.4) is 0 Å². The molecule has 4 saturated carbocycles. The van der Waals surface area contributed by atoms with Gasteiger partial charge in [0, 0.05) is 11.8 Å². The van der Waals surface area contributed by atoms with Crippen LogP contribution in [0.25, 0.3) is 0 Å². The summed E-state index contributed by atoms with van der Waals surface area (Å²) in [7, 11) is 0. The summed E-state index contributed by atoms with van der Waals surface area (Å²) in [6.07, 6.45) is 8.41. The maximum absolute atomic E-state index is 12.4. The molecule has 5 rings (SSSR count). The van der Waals surface area contributed by atoms with Crippen LogP contribution < -0.4 is 10.6 Å². The molecule has 4 aliphatic carbocycles. The van der Waals surface area contributed by atoms with Crippen LogP contribution in [0.1, 0.15) is 50.6 Å². The Morgan fingerprint density at radius 2 is 1.79 bits per heavy atom. The van der Waals surface area contributed by atoms with Gasteiger partial charge in [0.15, 0.2) is 5.13 Å². The minimum atomic E-state index is -0.205. The minimum Gasteiger partial charge on any atom is -0.347 e. The molecule has 5 nitrogen and oxygen atoms in total. The van der Waals surface area contributed by atoms with Gasteiger partial charge in [-0.15, -0.1) is 11.3 Å². The van der Waals surface area contributed by atoms with E-state index >= 15 is 0 Å². The number of carbonyl (C=O) groups is 2. The van der Waals surface area contributed by atoms with E-state index in [-0.39, 0.29) is 23.8 Å². The fraction of sp³-hybridized carbons (Fsp3) is 0.722. The van der Waals surface area contributed by atoms with Crippen molar-refractivity contribution in [2.75, 3.05) is 11.9 Å². The lowest BCUT2D eigenvalue weighted by molar-refractivity contribution is -0.131. The Balaban J connectivity index is 1.27. The van der Waals surface area contributed by atoms with Gasteiger partial charge < -0.3 is 10.6 Å². The third-order valence-electron chi connectivity index (χ3n) is 6.01. The molecule has 2 amide bonds. The summed E-state index contributed by atoms with van der Waals surface area (Å²) >= 11 is 1.40. The van der Waals surface area contributed by atoms with Crippen LogP contribution >= 0.6 is 11.3 Å². The Labute approximate surface area is 146 Å². The van der Waals surface area contributed by atoms with Crippen molar-refractivity contribution in [1.29, 1.82) is 0 Å². The molecular weight excluding hydrogens is 322 g/mol. The third-order valence-corrected chi connectivity index (χ3v) is 6.89.